The molecule has 0 bridgehead atoms. The van der Waals surface area contributed by atoms with E-state index < -0.39 is 5.97 Å². The second-order valence-corrected chi connectivity index (χ2v) is 8.86. The van der Waals surface area contributed by atoms with Gasteiger partial charge in [-0.15, -0.1) is 11.3 Å². The molecule has 144 valence electrons. The quantitative estimate of drug-likeness (QED) is 0.729. The smallest absolute Gasteiger partial charge is 0.348 e. The maximum atomic E-state index is 12.4. The molecule has 1 aromatic carbocycles. The van der Waals surface area contributed by atoms with Crippen molar-refractivity contribution in [3.05, 3.63) is 50.7 Å². The van der Waals surface area contributed by atoms with Gasteiger partial charge in [0.2, 0.25) is 0 Å². The van der Waals surface area contributed by atoms with E-state index in [4.69, 9.17) is 4.74 Å². The van der Waals surface area contributed by atoms with Crippen molar-refractivity contribution in [3.63, 3.8) is 0 Å². The van der Waals surface area contributed by atoms with Crippen molar-refractivity contribution in [2.45, 2.75) is 52.9 Å². The number of nitrogens with one attached hydrogen (secondary N) is 1. The van der Waals surface area contributed by atoms with E-state index in [1.165, 1.54) is 28.2 Å². The molecule has 1 aliphatic carbocycles. The van der Waals surface area contributed by atoms with Gasteiger partial charge in [-0.25, -0.2) is 4.79 Å². The number of benzene rings is 1. The number of carbonyl (C=O) groups excluding carboxylic acids is 2. The predicted octanol–water partition coefficient (Wildman–Crippen LogP) is 5.10. The van der Waals surface area contributed by atoms with Gasteiger partial charge in [0, 0.05) is 10.6 Å². The number of carbonyl (C=O) groups is 2. The van der Waals surface area contributed by atoms with Crippen LogP contribution in [-0.2, 0) is 22.4 Å². The fourth-order valence-electron chi connectivity index (χ4n) is 3.53. The molecule has 5 heteroatoms. The average molecular weight is 386 g/mol. The van der Waals surface area contributed by atoms with Gasteiger partial charge < -0.3 is 10.1 Å². The van der Waals surface area contributed by atoms with Crippen molar-refractivity contribution in [2.24, 2.45) is 5.92 Å². The van der Waals surface area contributed by atoms with Crippen molar-refractivity contribution in [3.8, 4) is 0 Å². The molecule has 27 heavy (non-hydrogen) atoms. The van der Waals surface area contributed by atoms with Crippen LogP contribution in [0.3, 0.4) is 0 Å². The van der Waals surface area contributed by atoms with Crippen molar-refractivity contribution >= 4 is 28.9 Å². The van der Waals surface area contributed by atoms with Crippen LogP contribution < -0.4 is 5.32 Å². The summed E-state index contributed by atoms with van der Waals surface area (Å²) in [5.74, 6) is 0.231. The summed E-state index contributed by atoms with van der Waals surface area (Å²) in [6.45, 7) is 8.10. The van der Waals surface area contributed by atoms with Gasteiger partial charge in [-0.05, 0) is 60.8 Å². The molecule has 1 heterocycles. The summed E-state index contributed by atoms with van der Waals surface area (Å²) in [6.07, 6.45) is 3.21. The zero-order valence-electron chi connectivity index (χ0n) is 16.4. The molecule has 1 aliphatic rings. The maximum Gasteiger partial charge on any atom is 0.348 e. The fraction of sp³-hybridized carbons (Fsp3) is 0.455. The minimum Gasteiger partial charge on any atom is -0.451 e. The van der Waals surface area contributed by atoms with Gasteiger partial charge in [0.1, 0.15) is 4.88 Å². The van der Waals surface area contributed by atoms with Gasteiger partial charge in [-0.2, -0.15) is 0 Å². The number of ether oxygens (including phenoxy) is 1. The number of aryl methyl sites for hydroxylation is 2. The number of hydrogen-bond donors (Lipinski definition) is 1. The summed E-state index contributed by atoms with van der Waals surface area (Å²) in [5.41, 5.74) is 4.15. The second-order valence-electron chi connectivity index (χ2n) is 7.73. The molecular formula is C22H27NO3S. The molecule has 0 saturated heterocycles. The third kappa shape index (κ3) is 4.59. The van der Waals surface area contributed by atoms with E-state index in [-0.39, 0.29) is 12.5 Å². The standard InChI is InChI=1S/C22H27NO3S/c1-13(2)17-7-5-6-15(4)21(17)23-20(24)12-26-22(25)19-11-16-10-14(3)8-9-18(16)27-19/h5-7,11,13-14H,8-10,12H2,1-4H3,(H,23,24)/t14-/m0/s1. The van der Waals surface area contributed by atoms with Crippen LogP contribution in [0.5, 0.6) is 0 Å². The third-order valence-electron chi connectivity index (χ3n) is 5.06. The Morgan fingerprint density at radius 3 is 2.85 bits per heavy atom. The summed E-state index contributed by atoms with van der Waals surface area (Å²) < 4.78 is 5.27. The molecule has 0 radical (unpaired) electrons. The Kier molecular flexibility index (Phi) is 6.00. The minimum absolute atomic E-state index is 0.274. The topological polar surface area (TPSA) is 55.4 Å². The van der Waals surface area contributed by atoms with Crippen LogP contribution in [0.15, 0.2) is 24.3 Å². The monoisotopic (exact) mass is 385 g/mol. The number of hydrogen-bond acceptors (Lipinski definition) is 4. The summed E-state index contributed by atoms with van der Waals surface area (Å²) in [6, 6.07) is 7.90. The van der Waals surface area contributed by atoms with Gasteiger partial charge in [-0.1, -0.05) is 39.0 Å². The molecule has 1 atom stereocenters. The number of amides is 1. The molecule has 1 N–H and O–H groups in total. The Hall–Kier alpha value is -2.14. The summed E-state index contributed by atoms with van der Waals surface area (Å²) >= 11 is 1.50. The number of para-hydroxylation sites is 1. The summed E-state index contributed by atoms with van der Waals surface area (Å²) in [7, 11) is 0. The number of fused-ring (bicyclic) bond motifs is 1. The largest absolute Gasteiger partial charge is 0.451 e. The Morgan fingerprint density at radius 1 is 1.33 bits per heavy atom. The highest BCUT2D eigenvalue weighted by atomic mass is 32.1. The lowest BCUT2D eigenvalue weighted by molar-refractivity contribution is -0.119. The van der Waals surface area contributed by atoms with Crippen molar-refractivity contribution < 1.29 is 14.3 Å². The van der Waals surface area contributed by atoms with Crippen molar-refractivity contribution in [1.82, 2.24) is 0 Å². The van der Waals surface area contributed by atoms with Crippen molar-refractivity contribution in [1.29, 1.82) is 0 Å². The first kappa shape index (κ1) is 19.6. The molecule has 0 aliphatic heterocycles. The van der Waals surface area contributed by atoms with Gasteiger partial charge in [0.15, 0.2) is 6.61 Å². The molecule has 0 unspecified atom stereocenters. The van der Waals surface area contributed by atoms with E-state index in [1.54, 1.807) is 0 Å². The van der Waals surface area contributed by atoms with Gasteiger partial charge >= 0.3 is 5.97 Å². The first-order valence-corrected chi connectivity index (χ1v) is 10.3. The van der Waals surface area contributed by atoms with E-state index in [1.807, 2.05) is 31.2 Å². The van der Waals surface area contributed by atoms with E-state index in [9.17, 15) is 9.59 Å². The molecule has 1 amide bonds. The van der Waals surface area contributed by atoms with E-state index >= 15 is 0 Å². The van der Waals surface area contributed by atoms with E-state index in [0.29, 0.717) is 16.7 Å². The number of rotatable bonds is 5. The van der Waals surface area contributed by atoms with Crippen LogP contribution in [-0.4, -0.2) is 18.5 Å². The first-order valence-electron chi connectivity index (χ1n) is 9.53. The minimum atomic E-state index is -0.411. The van der Waals surface area contributed by atoms with Crippen LogP contribution in [0.4, 0.5) is 5.69 Å². The fourth-order valence-corrected chi connectivity index (χ4v) is 4.63. The van der Waals surface area contributed by atoms with Gasteiger partial charge in [0.05, 0.1) is 0 Å². The molecule has 0 saturated carbocycles. The number of anilines is 1. The normalized spacial score (nSPS) is 16.1. The van der Waals surface area contributed by atoms with Crippen LogP contribution in [0.1, 0.15) is 64.3 Å². The zero-order valence-corrected chi connectivity index (χ0v) is 17.2. The molecule has 4 nitrogen and oxygen atoms in total. The Balaban J connectivity index is 1.61. The molecule has 3 rings (SSSR count). The molecule has 2 aromatic rings. The Bertz CT molecular complexity index is 853. The maximum absolute atomic E-state index is 12.4. The molecule has 0 fully saturated rings. The predicted molar refractivity (Wildman–Crippen MR) is 110 cm³/mol. The second kappa shape index (κ2) is 8.26. The molecular weight excluding hydrogens is 358 g/mol. The van der Waals surface area contributed by atoms with Gasteiger partial charge in [-0.3, -0.25) is 4.79 Å². The number of esters is 1. The number of thiophene rings is 1. The Morgan fingerprint density at radius 2 is 2.11 bits per heavy atom. The average Bonchev–Trinajstić information content (AvgIpc) is 3.04. The lowest BCUT2D eigenvalue weighted by atomic mass is 9.90. The lowest BCUT2D eigenvalue weighted by Crippen LogP contribution is -2.22. The van der Waals surface area contributed by atoms with Crippen LogP contribution >= 0.6 is 11.3 Å². The van der Waals surface area contributed by atoms with Crippen molar-refractivity contribution in [2.75, 3.05) is 11.9 Å². The highest BCUT2D eigenvalue weighted by Gasteiger charge is 2.22. The SMILES string of the molecule is Cc1cccc(C(C)C)c1NC(=O)COC(=O)c1cc2c(s1)CC[C@H](C)C2. The van der Waals surface area contributed by atoms with Gasteiger partial charge in [0.25, 0.3) is 5.91 Å². The highest BCUT2D eigenvalue weighted by Crippen LogP contribution is 2.32. The summed E-state index contributed by atoms with van der Waals surface area (Å²) in [5, 5.41) is 2.91. The van der Waals surface area contributed by atoms with Crippen LogP contribution in [0, 0.1) is 12.8 Å². The van der Waals surface area contributed by atoms with E-state index in [2.05, 4.69) is 26.1 Å². The van der Waals surface area contributed by atoms with Crippen LogP contribution in [0.25, 0.3) is 0 Å². The highest BCUT2D eigenvalue weighted by molar-refractivity contribution is 7.14. The molecule has 0 spiro atoms. The Labute approximate surface area is 164 Å². The zero-order chi connectivity index (χ0) is 19.6. The summed E-state index contributed by atoms with van der Waals surface area (Å²) in [4.78, 5) is 26.6. The molecule has 1 aromatic heterocycles. The first-order chi connectivity index (χ1) is 12.8. The van der Waals surface area contributed by atoms with Crippen LogP contribution in [0.2, 0.25) is 0 Å². The van der Waals surface area contributed by atoms with E-state index in [0.717, 1.165) is 29.7 Å². The third-order valence-corrected chi connectivity index (χ3v) is 6.27. The lowest BCUT2D eigenvalue weighted by Gasteiger charge is -2.16.